The number of anilines is 1. The van der Waals surface area contributed by atoms with Crippen molar-refractivity contribution < 1.29 is 23.6 Å². The Hall–Kier alpha value is -3.16. The Labute approximate surface area is 137 Å². The van der Waals surface area contributed by atoms with Gasteiger partial charge in [0.1, 0.15) is 5.82 Å². The van der Waals surface area contributed by atoms with E-state index in [2.05, 4.69) is 5.32 Å². The summed E-state index contributed by atoms with van der Waals surface area (Å²) in [6.07, 6.45) is 0. The first-order chi connectivity index (χ1) is 11.5. The van der Waals surface area contributed by atoms with Crippen LogP contribution < -0.4 is 14.8 Å². The second-order valence-corrected chi connectivity index (χ2v) is 4.64. The van der Waals surface area contributed by atoms with Crippen LogP contribution in [-0.4, -0.2) is 24.0 Å². The number of para-hydroxylation sites is 2. The molecule has 0 unspecified atom stereocenters. The Morgan fingerprint density at radius 3 is 2.50 bits per heavy atom. The maximum atomic E-state index is 13.6. The number of ether oxygens (including phenoxy) is 2. The van der Waals surface area contributed by atoms with Crippen molar-refractivity contribution in [3.05, 3.63) is 58.4 Å². The van der Waals surface area contributed by atoms with E-state index in [1.807, 2.05) is 6.92 Å². The number of amides is 1. The number of nitrogens with zero attached hydrogens (tertiary/aromatic N) is 1. The Balaban J connectivity index is 2.02. The summed E-state index contributed by atoms with van der Waals surface area (Å²) in [5.41, 5.74) is -0.606. The Morgan fingerprint density at radius 1 is 1.21 bits per heavy atom. The van der Waals surface area contributed by atoms with Gasteiger partial charge in [-0.15, -0.1) is 0 Å². The highest BCUT2D eigenvalue weighted by atomic mass is 19.1. The first-order valence-electron chi connectivity index (χ1n) is 7.09. The lowest BCUT2D eigenvalue weighted by Gasteiger charge is -2.11. The average molecular weight is 334 g/mol. The van der Waals surface area contributed by atoms with Crippen molar-refractivity contribution in [2.24, 2.45) is 0 Å². The minimum Gasteiger partial charge on any atom is -0.490 e. The molecule has 0 aliphatic carbocycles. The summed E-state index contributed by atoms with van der Waals surface area (Å²) in [5.74, 6) is -0.576. The number of rotatable bonds is 7. The van der Waals surface area contributed by atoms with Gasteiger partial charge >= 0.3 is 0 Å². The van der Waals surface area contributed by atoms with Crippen molar-refractivity contribution in [1.82, 2.24) is 0 Å². The summed E-state index contributed by atoms with van der Waals surface area (Å²) < 4.78 is 24.3. The van der Waals surface area contributed by atoms with E-state index in [1.54, 1.807) is 24.3 Å². The van der Waals surface area contributed by atoms with Gasteiger partial charge in [0.2, 0.25) is 0 Å². The summed E-state index contributed by atoms with van der Waals surface area (Å²) in [7, 11) is 0. The average Bonchev–Trinajstić information content (AvgIpc) is 2.56. The molecule has 0 spiro atoms. The van der Waals surface area contributed by atoms with Gasteiger partial charge < -0.3 is 14.8 Å². The number of non-ortho nitro benzene ring substituents is 1. The maximum absolute atomic E-state index is 13.6. The topological polar surface area (TPSA) is 90.7 Å². The Morgan fingerprint density at radius 2 is 1.88 bits per heavy atom. The minimum atomic E-state index is -0.774. The molecular formula is C16H15FN2O5. The zero-order chi connectivity index (χ0) is 17.5. The lowest BCUT2D eigenvalue weighted by atomic mass is 10.2. The minimum absolute atomic E-state index is 0.282. The van der Waals surface area contributed by atoms with Crippen LogP contribution in [0.3, 0.4) is 0 Å². The predicted molar refractivity (Wildman–Crippen MR) is 84.8 cm³/mol. The van der Waals surface area contributed by atoms with E-state index < -0.39 is 23.3 Å². The van der Waals surface area contributed by atoms with Gasteiger partial charge in [-0.2, -0.15) is 0 Å². The standard InChI is InChI=1S/C16H15FN2O5/c1-2-23-14-5-3-4-6-15(14)24-10-16(20)18-13-9-11(19(21)22)7-8-12(13)17/h3-9H,2,10H2,1H3,(H,18,20). The van der Waals surface area contributed by atoms with Gasteiger partial charge in [-0.1, -0.05) is 12.1 Å². The number of hydrogen-bond donors (Lipinski definition) is 1. The van der Waals surface area contributed by atoms with E-state index in [0.717, 1.165) is 18.2 Å². The van der Waals surface area contributed by atoms with Crippen molar-refractivity contribution in [2.45, 2.75) is 6.92 Å². The molecule has 0 fully saturated rings. The van der Waals surface area contributed by atoms with Gasteiger partial charge in [-0.3, -0.25) is 14.9 Å². The molecule has 0 saturated heterocycles. The number of carbonyl (C=O) groups is 1. The van der Waals surface area contributed by atoms with Crippen LogP contribution in [0.5, 0.6) is 11.5 Å². The van der Waals surface area contributed by atoms with Crippen LogP contribution in [0.1, 0.15) is 6.92 Å². The second-order valence-electron chi connectivity index (χ2n) is 4.64. The van der Waals surface area contributed by atoms with Crippen LogP contribution in [0.15, 0.2) is 42.5 Å². The molecule has 2 aromatic carbocycles. The lowest BCUT2D eigenvalue weighted by molar-refractivity contribution is -0.384. The molecule has 0 heterocycles. The van der Waals surface area contributed by atoms with Crippen molar-refractivity contribution in [3.63, 3.8) is 0 Å². The Kier molecular flexibility index (Phi) is 5.67. The number of carbonyl (C=O) groups excluding carboxylic acids is 1. The van der Waals surface area contributed by atoms with E-state index in [4.69, 9.17) is 9.47 Å². The van der Waals surface area contributed by atoms with Gasteiger partial charge in [0.25, 0.3) is 11.6 Å². The summed E-state index contributed by atoms with van der Waals surface area (Å²) in [6.45, 7) is 1.85. The van der Waals surface area contributed by atoms with Crippen molar-refractivity contribution >= 4 is 17.3 Å². The molecule has 2 rings (SSSR count). The van der Waals surface area contributed by atoms with Gasteiger partial charge in [0.15, 0.2) is 18.1 Å². The number of hydrogen-bond acceptors (Lipinski definition) is 5. The van der Waals surface area contributed by atoms with Crippen LogP contribution in [0.25, 0.3) is 0 Å². The van der Waals surface area contributed by atoms with Gasteiger partial charge in [-0.05, 0) is 25.1 Å². The van der Waals surface area contributed by atoms with Crippen molar-refractivity contribution in [2.75, 3.05) is 18.5 Å². The molecule has 0 aromatic heterocycles. The van der Waals surface area contributed by atoms with E-state index in [-0.39, 0.29) is 11.4 Å². The van der Waals surface area contributed by atoms with E-state index >= 15 is 0 Å². The lowest BCUT2D eigenvalue weighted by Crippen LogP contribution is -2.21. The SMILES string of the molecule is CCOc1ccccc1OCC(=O)Nc1cc([N+](=O)[O-])ccc1F. The molecule has 126 valence electrons. The monoisotopic (exact) mass is 334 g/mol. The van der Waals surface area contributed by atoms with Gasteiger partial charge in [-0.25, -0.2) is 4.39 Å². The van der Waals surface area contributed by atoms with Crippen molar-refractivity contribution in [3.8, 4) is 11.5 Å². The summed E-state index contributed by atoms with van der Waals surface area (Å²) in [5, 5.41) is 12.9. The molecule has 2 aromatic rings. The number of nitro benzene ring substituents is 1. The van der Waals surface area contributed by atoms with E-state index in [9.17, 15) is 19.3 Å². The molecule has 24 heavy (non-hydrogen) atoms. The molecule has 0 aliphatic rings. The third-order valence-electron chi connectivity index (χ3n) is 2.94. The third-order valence-corrected chi connectivity index (χ3v) is 2.94. The quantitative estimate of drug-likeness (QED) is 0.620. The molecule has 0 bridgehead atoms. The Bertz CT molecular complexity index is 751. The first kappa shape index (κ1) is 17.2. The molecule has 0 atom stereocenters. The summed E-state index contributed by atoms with van der Waals surface area (Å²) in [6, 6.07) is 9.68. The fourth-order valence-electron chi connectivity index (χ4n) is 1.90. The molecule has 1 amide bonds. The highest BCUT2D eigenvalue weighted by molar-refractivity contribution is 5.92. The second kappa shape index (κ2) is 7.91. The highest BCUT2D eigenvalue weighted by Gasteiger charge is 2.14. The number of benzene rings is 2. The number of halogens is 1. The fraction of sp³-hybridized carbons (Fsp3) is 0.188. The van der Waals surface area contributed by atoms with Crippen LogP contribution in [0.2, 0.25) is 0 Å². The molecule has 0 radical (unpaired) electrons. The maximum Gasteiger partial charge on any atom is 0.271 e. The molecule has 7 nitrogen and oxygen atoms in total. The largest absolute Gasteiger partial charge is 0.490 e. The van der Waals surface area contributed by atoms with Crippen LogP contribution in [0, 0.1) is 15.9 Å². The molecular weight excluding hydrogens is 319 g/mol. The smallest absolute Gasteiger partial charge is 0.271 e. The molecule has 1 N–H and O–H groups in total. The number of nitro groups is 1. The van der Waals surface area contributed by atoms with Crippen molar-refractivity contribution in [1.29, 1.82) is 0 Å². The zero-order valence-corrected chi connectivity index (χ0v) is 12.8. The zero-order valence-electron chi connectivity index (χ0n) is 12.8. The van der Waals surface area contributed by atoms with Gasteiger partial charge in [0.05, 0.1) is 17.2 Å². The van der Waals surface area contributed by atoms with E-state index in [0.29, 0.717) is 18.1 Å². The molecule has 8 heteroatoms. The molecule has 0 saturated carbocycles. The number of nitrogens with one attached hydrogen (secondary N) is 1. The third kappa shape index (κ3) is 4.42. The summed E-state index contributed by atoms with van der Waals surface area (Å²) >= 11 is 0. The summed E-state index contributed by atoms with van der Waals surface area (Å²) in [4.78, 5) is 21.9. The fourth-order valence-corrected chi connectivity index (χ4v) is 1.90. The van der Waals surface area contributed by atoms with E-state index in [1.165, 1.54) is 0 Å². The first-order valence-corrected chi connectivity index (χ1v) is 7.09. The molecule has 0 aliphatic heterocycles. The predicted octanol–water partition coefficient (Wildman–Crippen LogP) is 3.15. The highest BCUT2D eigenvalue weighted by Crippen LogP contribution is 2.26. The van der Waals surface area contributed by atoms with Gasteiger partial charge in [0, 0.05) is 12.1 Å². The van der Waals surface area contributed by atoms with Crippen LogP contribution in [-0.2, 0) is 4.79 Å². The van der Waals surface area contributed by atoms with Crippen LogP contribution in [0.4, 0.5) is 15.8 Å². The normalized spacial score (nSPS) is 10.1. The van der Waals surface area contributed by atoms with Crippen LogP contribution >= 0.6 is 0 Å².